The molecular weight excluding hydrogens is 224 g/mol. The number of carbonyl (C=O) groups is 1. The first-order valence-electron chi connectivity index (χ1n) is 6.68. The molecule has 0 saturated carbocycles. The van der Waals surface area contributed by atoms with Crippen molar-refractivity contribution in [3.63, 3.8) is 0 Å². The second-order valence-electron chi connectivity index (χ2n) is 5.33. The van der Waals surface area contributed by atoms with E-state index in [1.54, 1.807) is 0 Å². The average molecular weight is 242 g/mol. The van der Waals surface area contributed by atoms with Crippen molar-refractivity contribution in [2.75, 3.05) is 0 Å². The molecule has 94 valence electrons. The van der Waals surface area contributed by atoms with Crippen LogP contribution in [0.5, 0.6) is 0 Å². The van der Waals surface area contributed by atoms with Crippen LogP contribution >= 0.6 is 0 Å². The molecule has 3 rings (SSSR count). The van der Waals surface area contributed by atoms with Crippen LogP contribution in [0.15, 0.2) is 36.9 Å². The van der Waals surface area contributed by atoms with E-state index >= 15 is 0 Å². The van der Waals surface area contributed by atoms with Gasteiger partial charge in [0.1, 0.15) is 0 Å². The Morgan fingerprint density at radius 2 is 1.72 bits per heavy atom. The molecule has 0 aromatic heterocycles. The van der Waals surface area contributed by atoms with Gasteiger partial charge in [-0.25, -0.2) is 0 Å². The van der Waals surface area contributed by atoms with Gasteiger partial charge in [-0.05, 0) is 31.2 Å². The summed E-state index contributed by atoms with van der Waals surface area (Å²) in [5.41, 5.74) is 1.60. The monoisotopic (exact) mass is 242 g/mol. The molecule has 2 nitrogen and oxygen atoms in total. The van der Waals surface area contributed by atoms with E-state index in [1.165, 1.54) is 0 Å². The average Bonchev–Trinajstić information content (AvgIpc) is 2.77. The molecule has 0 amide bonds. The summed E-state index contributed by atoms with van der Waals surface area (Å²) in [5, 5.41) is 0. The predicted molar refractivity (Wildman–Crippen MR) is 71.1 cm³/mol. The minimum atomic E-state index is 0.115. The zero-order chi connectivity index (χ0) is 12.5. The van der Waals surface area contributed by atoms with Crippen LogP contribution in [0.25, 0.3) is 5.57 Å². The number of fused-ring (bicyclic) bond motifs is 2. The Balaban J connectivity index is 1.73. The van der Waals surface area contributed by atoms with E-state index < -0.39 is 0 Å². The number of Topliss-reactive ketones (excluding diaryl/α,β-unsaturated/α-hetero) is 1. The summed E-state index contributed by atoms with van der Waals surface area (Å²) >= 11 is 0. The van der Waals surface area contributed by atoms with E-state index in [-0.39, 0.29) is 11.7 Å². The van der Waals surface area contributed by atoms with Gasteiger partial charge >= 0.3 is 0 Å². The summed E-state index contributed by atoms with van der Waals surface area (Å²) < 4.78 is 5.78. The minimum absolute atomic E-state index is 0.115. The lowest BCUT2D eigenvalue weighted by Gasteiger charge is -2.27. The highest BCUT2D eigenvalue weighted by atomic mass is 16.5. The summed E-state index contributed by atoms with van der Waals surface area (Å²) in [6, 6.07) is 9.75. The van der Waals surface area contributed by atoms with Crippen LogP contribution in [0, 0.1) is 5.92 Å². The fourth-order valence-electron chi connectivity index (χ4n) is 3.10. The first-order chi connectivity index (χ1) is 8.74. The van der Waals surface area contributed by atoms with Crippen LogP contribution in [0.4, 0.5) is 0 Å². The number of hydrogen-bond donors (Lipinski definition) is 0. The number of carbonyl (C=O) groups excluding carboxylic acids is 1. The number of ketones is 1. The van der Waals surface area contributed by atoms with Crippen molar-refractivity contribution in [2.24, 2.45) is 5.92 Å². The molecule has 0 N–H and O–H groups in total. The van der Waals surface area contributed by atoms with Crippen molar-refractivity contribution in [1.29, 1.82) is 0 Å². The maximum atomic E-state index is 12.5. The first kappa shape index (κ1) is 11.7. The molecule has 2 unspecified atom stereocenters. The van der Waals surface area contributed by atoms with Gasteiger partial charge < -0.3 is 4.74 Å². The summed E-state index contributed by atoms with van der Waals surface area (Å²) in [5.74, 6) is 0.324. The molecule has 2 heteroatoms. The normalized spacial score (nSPS) is 30.1. The molecule has 2 atom stereocenters. The van der Waals surface area contributed by atoms with E-state index in [1.807, 2.05) is 30.3 Å². The highest BCUT2D eigenvalue weighted by Gasteiger charge is 2.38. The zero-order valence-corrected chi connectivity index (χ0v) is 10.5. The van der Waals surface area contributed by atoms with Crippen molar-refractivity contribution >= 4 is 11.4 Å². The molecule has 1 aromatic rings. The lowest BCUT2D eigenvalue weighted by molar-refractivity contribution is -0.122. The molecule has 0 radical (unpaired) electrons. The van der Waals surface area contributed by atoms with E-state index in [9.17, 15) is 4.79 Å². The minimum Gasteiger partial charge on any atom is -0.375 e. The van der Waals surface area contributed by atoms with Crippen LogP contribution in [-0.4, -0.2) is 18.0 Å². The van der Waals surface area contributed by atoms with Gasteiger partial charge in [0.05, 0.1) is 12.2 Å². The third-order valence-electron chi connectivity index (χ3n) is 4.08. The Bertz CT molecular complexity index is 451. The maximum absolute atomic E-state index is 12.5. The second kappa shape index (κ2) is 4.69. The second-order valence-corrected chi connectivity index (χ2v) is 5.33. The van der Waals surface area contributed by atoms with Crippen LogP contribution < -0.4 is 0 Å². The summed E-state index contributed by atoms with van der Waals surface area (Å²) in [6.45, 7) is 3.98. The van der Waals surface area contributed by atoms with Crippen molar-refractivity contribution < 1.29 is 9.53 Å². The SMILES string of the molecule is C=C(C(=O)C1CC2CCC(C1)O2)c1ccccc1. The largest absolute Gasteiger partial charge is 0.375 e. The number of allylic oxidation sites excluding steroid dienone is 1. The number of hydrogen-bond acceptors (Lipinski definition) is 2. The third kappa shape index (κ3) is 2.13. The Labute approximate surface area is 108 Å². The van der Waals surface area contributed by atoms with Crippen molar-refractivity contribution in [3.05, 3.63) is 42.5 Å². The number of ether oxygens (including phenoxy) is 1. The Morgan fingerprint density at radius 3 is 2.33 bits per heavy atom. The molecule has 1 aromatic carbocycles. The van der Waals surface area contributed by atoms with Gasteiger partial charge in [-0.3, -0.25) is 4.79 Å². The van der Waals surface area contributed by atoms with Crippen LogP contribution in [0.3, 0.4) is 0 Å². The van der Waals surface area contributed by atoms with Crippen molar-refractivity contribution in [2.45, 2.75) is 37.9 Å². The predicted octanol–water partition coefficient (Wildman–Crippen LogP) is 3.23. The van der Waals surface area contributed by atoms with E-state index in [0.29, 0.717) is 17.8 Å². The lowest BCUT2D eigenvalue weighted by Crippen LogP contribution is -2.30. The van der Waals surface area contributed by atoms with Crippen molar-refractivity contribution in [1.82, 2.24) is 0 Å². The molecule has 0 spiro atoms. The molecule has 2 aliphatic rings. The van der Waals surface area contributed by atoms with Gasteiger partial charge in [-0.2, -0.15) is 0 Å². The highest BCUT2D eigenvalue weighted by Crippen LogP contribution is 2.37. The standard InChI is InChI=1S/C16H18O2/c1-11(12-5-3-2-4-6-12)16(17)13-9-14-7-8-15(10-13)18-14/h2-6,13-15H,1,7-10H2. The fraction of sp³-hybridized carbons (Fsp3) is 0.438. The molecule has 2 aliphatic heterocycles. The Kier molecular flexibility index (Phi) is 3.04. The van der Waals surface area contributed by atoms with E-state index in [4.69, 9.17) is 4.74 Å². The van der Waals surface area contributed by atoms with Crippen LogP contribution in [0.2, 0.25) is 0 Å². The number of rotatable bonds is 3. The molecule has 2 fully saturated rings. The van der Waals surface area contributed by atoms with Gasteiger partial charge in [0.2, 0.25) is 0 Å². The van der Waals surface area contributed by atoms with E-state index in [2.05, 4.69) is 6.58 Å². The van der Waals surface area contributed by atoms with Crippen LogP contribution in [-0.2, 0) is 9.53 Å². The highest BCUT2D eigenvalue weighted by molar-refractivity contribution is 6.21. The van der Waals surface area contributed by atoms with Gasteiger partial charge in [-0.1, -0.05) is 36.9 Å². The zero-order valence-electron chi connectivity index (χ0n) is 10.5. The Hall–Kier alpha value is -1.41. The molecule has 2 bridgehead atoms. The van der Waals surface area contributed by atoms with Gasteiger partial charge in [0, 0.05) is 11.5 Å². The molecule has 0 aliphatic carbocycles. The molecular formula is C16H18O2. The van der Waals surface area contributed by atoms with Crippen LogP contribution in [0.1, 0.15) is 31.2 Å². The van der Waals surface area contributed by atoms with Gasteiger partial charge in [-0.15, -0.1) is 0 Å². The first-order valence-corrected chi connectivity index (χ1v) is 6.68. The van der Waals surface area contributed by atoms with Gasteiger partial charge in [0.15, 0.2) is 5.78 Å². The summed E-state index contributed by atoms with van der Waals surface area (Å²) in [4.78, 5) is 12.5. The number of benzene rings is 1. The quantitative estimate of drug-likeness (QED) is 0.761. The third-order valence-corrected chi connectivity index (χ3v) is 4.08. The maximum Gasteiger partial charge on any atom is 0.166 e. The fourth-order valence-corrected chi connectivity index (χ4v) is 3.10. The summed E-state index contributed by atoms with van der Waals surface area (Å²) in [7, 11) is 0. The summed E-state index contributed by atoms with van der Waals surface area (Å²) in [6.07, 6.45) is 4.60. The van der Waals surface area contributed by atoms with Crippen molar-refractivity contribution in [3.8, 4) is 0 Å². The molecule has 2 heterocycles. The van der Waals surface area contributed by atoms with Gasteiger partial charge in [0.25, 0.3) is 0 Å². The Morgan fingerprint density at radius 1 is 1.11 bits per heavy atom. The molecule has 2 saturated heterocycles. The smallest absolute Gasteiger partial charge is 0.166 e. The lowest BCUT2D eigenvalue weighted by atomic mass is 9.86. The van der Waals surface area contributed by atoms with E-state index in [0.717, 1.165) is 31.2 Å². The topological polar surface area (TPSA) is 26.3 Å². The molecule has 18 heavy (non-hydrogen) atoms.